The number of rotatable bonds is 3. The van der Waals surface area contributed by atoms with Crippen molar-refractivity contribution in [2.45, 2.75) is 13.8 Å². The van der Waals surface area contributed by atoms with Crippen LogP contribution in [-0.4, -0.2) is 17.4 Å². The molecule has 70 valence electrons. The van der Waals surface area contributed by atoms with E-state index in [0.29, 0.717) is 5.69 Å². The third kappa shape index (κ3) is 2.82. The molecular formula is C9H10FNO2. The van der Waals surface area contributed by atoms with Crippen molar-refractivity contribution in [2.75, 3.05) is 6.61 Å². The Kier molecular flexibility index (Phi) is 2.95. The fourth-order valence-electron chi connectivity index (χ4n) is 0.753. The van der Waals surface area contributed by atoms with Crippen LogP contribution in [0.3, 0.4) is 0 Å². The second kappa shape index (κ2) is 3.98. The Balaban J connectivity index is 2.68. The maximum absolute atomic E-state index is 12.9. The van der Waals surface area contributed by atoms with Gasteiger partial charge in [-0.2, -0.15) is 0 Å². The van der Waals surface area contributed by atoms with Crippen molar-refractivity contribution in [3.05, 3.63) is 23.8 Å². The van der Waals surface area contributed by atoms with Crippen molar-refractivity contribution >= 4 is 5.78 Å². The van der Waals surface area contributed by atoms with E-state index in [-0.39, 0.29) is 18.1 Å². The Bertz CT molecular complexity index is 325. The summed E-state index contributed by atoms with van der Waals surface area (Å²) in [6, 6.07) is 1.21. The van der Waals surface area contributed by atoms with Gasteiger partial charge < -0.3 is 4.74 Å². The fraction of sp³-hybridized carbons (Fsp3) is 0.333. The van der Waals surface area contributed by atoms with Crippen LogP contribution < -0.4 is 4.74 Å². The molecule has 0 aliphatic heterocycles. The summed E-state index contributed by atoms with van der Waals surface area (Å²) in [4.78, 5) is 14.3. The highest BCUT2D eigenvalue weighted by atomic mass is 19.1. The Morgan fingerprint density at radius 1 is 1.69 bits per heavy atom. The van der Waals surface area contributed by atoms with Crippen LogP contribution in [0.15, 0.2) is 12.3 Å². The number of ketones is 1. The van der Waals surface area contributed by atoms with Crippen LogP contribution in [0.2, 0.25) is 0 Å². The molecule has 0 fully saturated rings. The average Bonchev–Trinajstić information content (AvgIpc) is 2.07. The number of aryl methyl sites for hydroxylation is 1. The zero-order valence-electron chi connectivity index (χ0n) is 7.50. The zero-order valence-corrected chi connectivity index (χ0v) is 7.50. The van der Waals surface area contributed by atoms with Gasteiger partial charge in [-0.15, -0.1) is 0 Å². The summed E-state index contributed by atoms with van der Waals surface area (Å²) in [7, 11) is 0. The van der Waals surface area contributed by atoms with Gasteiger partial charge in [-0.05, 0) is 13.8 Å². The summed E-state index contributed by atoms with van der Waals surface area (Å²) in [5.41, 5.74) is 0.315. The van der Waals surface area contributed by atoms with Crippen LogP contribution >= 0.6 is 0 Å². The summed E-state index contributed by atoms with van der Waals surface area (Å²) in [6.45, 7) is 2.91. The lowest BCUT2D eigenvalue weighted by atomic mass is 10.3. The van der Waals surface area contributed by atoms with Crippen LogP contribution in [0.5, 0.6) is 5.75 Å². The summed E-state index contributed by atoms with van der Waals surface area (Å²) < 4.78 is 17.8. The molecule has 1 heterocycles. The maximum Gasteiger partial charge on any atom is 0.167 e. The number of nitrogens with zero attached hydrogens (tertiary/aromatic N) is 1. The number of carbonyl (C=O) groups excluding carboxylic acids is 1. The Labute approximate surface area is 75.6 Å². The van der Waals surface area contributed by atoms with Gasteiger partial charge in [0.2, 0.25) is 0 Å². The van der Waals surface area contributed by atoms with Gasteiger partial charge in [-0.3, -0.25) is 9.78 Å². The van der Waals surface area contributed by atoms with Crippen molar-refractivity contribution in [3.63, 3.8) is 0 Å². The molecule has 0 unspecified atom stereocenters. The maximum atomic E-state index is 12.9. The molecule has 0 aliphatic carbocycles. The molecule has 0 spiro atoms. The number of halogens is 1. The molecule has 0 bridgehead atoms. The monoisotopic (exact) mass is 183 g/mol. The third-order valence-electron chi connectivity index (χ3n) is 1.44. The third-order valence-corrected chi connectivity index (χ3v) is 1.44. The number of Topliss-reactive ketones (excluding diaryl/α,β-unsaturated/α-hetero) is 1. The Hall–Kier alpha value is -1.45. The largest absolute Gasteiger partial charge is 0.484 e. The van der Waals surface area contributed by atoms with Gasteiger partial charge in [0.15, 0.2) is 5.78 Å². The van der Waals surface area contributed by atoms with Crippen LogP contribution in [0.25, 0.3) is 0 Å². The molecule has 0 saturated heterocycles. The van der Waals surface area contributed by atoms with Gasteiger partial charge in [0.25, 0.3) is 0 Å². The number of pyridine rings is 1. The van der Waals surface area contributed by atoms with E-state index < -0.39 is 5.82 Å². The molecule has 1 aromatic rings. The van der Waals surface area contributed by atoms with Crippen molar-refractivity contribution in [3.8, 4) is 5.75 Å². The molecule has 0 aliphatic rings. The minimum absolute atomic E-state index is 0.0514. The second-order valence-electron chi connectivity index (χ2n) is 2.73. The lowest BCUT2D eigenvalue weighted by Gasteiger charge is -2.03. The number of aromatic nitrogens is 1. The quantitative estimate of drug-likeness (QED) is 0.712. The molecule has 0 N–H and O–H groups in total. The van der Waals surface area contributed by atoms with E-state index in [2.05, 4.69) is 4.98 Å². The molecule has 1 aromatic heterocycles. The fourth-order valence-corrected chi connectivity index (χ4v) is 0.753. The van der Waals surface area contributed by atoms with Gasteiger partial charge in [-0.25, -0.2) is 4.39 Å². The van der Waals surface area contributed by atoms with Gasteiger partial charge in [-0.1, -0.05) is 0 Å². The first-order valence-corrected chi connectivity index (χ1v) is 3.84. The lowest BCUT2D eigenvalue weighted by Crippen LogP contribution is -2.07. The first-order valence-electron chi connectivity index (χ1n) is 3.84. The average molecular weight is 183 g/mol. The highest BCUT2D eigenvalue weighted by molar-refractivity contribution is 5.77. The predicted molar refractivity (Wildman–Crippen MR) is 45.1 cm³/mol. The molecule has 0 atom stereocenters. The SMILES string of the molecule is CC(=O)COc1cnc(C)c(F)c1. The van der Waals surface area contributed by atoms with E-state index in [9.17, 15) is 9.18 Å². The van der Waals surface area contributed by atoms with E-state index >= 15 is 0 Å². The van der Waals surface area contributed by atoms with Crippen molar-refractivity contribution in [1.82, 2.24) is 4.98 Å². The smallest absolute Gasteiger partial charge is 0.167 e. The molecule has 0 aromatic carbocycles. The predicted octanol–water partition coefficient (Wildman–Crippen LogP) is 1.50. The van der Waals surface area contributed by atoms with E-state index in [4.69, 9.17) is 4.74 Å². The number of hydrogen-bond acceptors (Lipinski definition) is 3. The van der Waals surface area contributed by atoms with Crippen LogP contribution in [-0.2, 0) is 4.79 Å². The van der Waals surface area contributed by atoms with E-state index in [1.807, 2.05) is 0 Å². The van der Waals surface area contributed by atoms with Crippen molar-refractivity contribution in [2.24, 2.45) is 0 Å². The minimum Gasteiger partial charge on any atom is -0.484 e. The Morgan fingerprint density at radius 3 is 2.92 bits per heavy atom. The standard InChI is InChI=1S/C9H10FNO2/c1-6(12)5-13-8-3-9(10)7(2)11-4-8/h3-4H,5H2,1-2H3. The summed E-state index contributed by atoms with van der Waals surface area (Å²) in [5.74, 6) is -0.264. The normalized spacial score (nSPS) is 9.77. The topological polar surface area (TPSA) is 39.2 Å². The lowest BCUT2D eigenvalue weighted by molar-refractivity contribution is -0.118. The minimum atomic E-state index is -0.430. The molecular weight excluding hydrogens is 173 g/mol. The first-order chi connectivity index (χ1) is 6.09. The Morgan fingerprint density at radius 2 is 2.38 bits per heavy atom. The zero-order chi connectivity index (χ0) is 9.84. The van der Waals surface area contributed by atoms with Gasteiger partial charge in [0.05, 0.1) is 11.9 Å². The summed E-state index contributed by atoms with van der Waals surface area (Å²) in [6.07, 6.45) is 1.39. The van der Waals surface area contributed by atoms with Crippen LogP contribution in [0.1, 0.15) is 12.6 Å². The highest BCUT2D eigenvalue weighted by Gasteiger charge is 2.02. The molecule has 3 nitrogen and oxygen atoms in total. The van der Waals surface area contributed by atoms with Gasteiger partial charge in [0.1, 0.15) is 18.2 Å². The van der Waals surface area contributed by atoms with Crippen LogP contribution in [0, 0.1) is 12.7 Å². The molecule has 1 rings (SSSR count). The molecule has 0 radical (unpaired) electrons. The van der Waals surface area contributed by atoms with E-state index in [0.717, 1.165) is 0 Å². The number of carbonyl (C=O) groups is 1. The molecule has 0 saturated carbocycles. The number of hydrogen-bond donors (Lipinski definition) is 0. The first kappa shape index (κ1) is 9.64. The van der Waals surface area contributed by atoms with Crippen LogP contribution in [0.4, 0.5) is 4.39 Å². The van der Waals surface area contributed by atoms with Gasteiger partial charge in [0, 0.05) is 6.07 Å². The number of ether oxygens (including phenoxy) is 1. The van der Waals surface area contributed by atoms with Gasteiger partial charge >= 0.3 is 0 Å². The van der Waals surface area contributed by atoms with Crippen molar-refractivity contribution < 1.29 is 13.9 Å². The summed E-state index contributed by atoms with van der Waals surface area (Å²) in [5, 5.41) is 0. The second-order valence-corrected chi connectivity index (χ2v) is 2.73. The van der Waals surface area contributed by atoms with E-state index in [1.54, 1.807) is 6.92 Å². The van der Waals surface area contributed by atoms with E-state index in [1.165, 1.54) is 19.2 Å². The van der Waals surface area contributed by atoms with Crippen molar-refractivity contribution in [1.29, 1.82) is 0 Å². The summed E-state index contributed by atoms with van der Waals surface area (Å²) >= 11 is 0. The molecule has 4 heteroatoms. The molecule has 13 heavy (non-hydrogen) atoms. The molecule has 0 amide bonds. The highest BCUT2D eigenvalue weighted by Crippen LogP contribution is 2.12.